The van der Waals surface area contributed by atoms with Crippen LogP contribution in [-0.2, 0) is 4.74 Å². The second-order valence-electron chi connectivity index (χ2n) is 4.08. The van der Waals surface area contributed by atoms with Crippen LogP contribution in [0, 0.1) is 0 Å². The Morgan fingerprint density at radius 3 is 2.42 bits per heavy atom. The molecule has 0 N–H and O–H groups in total. The molecule has 0 amide bonds. The van der Waals surface area contributed by atoms with E-state index in [2.05, 4.69) is 11.8 Å². The molecule has 2 rings (SSSR count). The molecule has 0 radical (unpaired) electrons. The third kappa shape index (κ3) is 1.80. The number of hydrogen-bond donors (Lipinski definition) is 0. The van der Waals surface area contributed by atoms with E-state index >= 15 is 0 Å². The Balaban J connectivity index is 1.83. The topological polar surface area (TPSA) is 12.5 Å². The van der Waals surface area contributed by atoms with E-state index in [1.807, 2.05) is 0 Å². The summed E-state index contributed by atoms with van der Waals surface area (Å²) >= 11 is 0. The molecule has 70 valence electrons. The van der Waals surface area contributed by atoms with Crippen LogP contribution in [0.5, 0.6) is 0 Å². The van der Waals surface area contributed by atoms with Gasteiger partial charge >= 0.3 is 0 Å². The van der Waals surface area contributed by atoms with Crippen LogP contribution in [-0.4, -0.2) is 30.3 Å². The summed E-state index contributed by atoms with van der Waals surface area (Å²) in [5.74, 6) is 0. The predicted octanol–water partition coefficient (Wildman–Crippen LogP) is 2.00. The van der Waals surface area contributed by atoms with Gasteiger partial charge in [0, 0.05) is 13.1 Å². The lowest BCUT2D eigenvalue weighted by atomic mass is 10.1. The van der Waals surface area contributed by atoms with E-state index in [9.17, 15) is 0 Å². The van der Waals surface area contributed by atoms with Crippen LogP contribution in [0.15, 0.2) is 0 Å². The molecule has 2 heterocycles. The van der Waals surface area contributed by atoms with Crippen molar-refractivity contribution in [3.8, 4) is 0 Å². The van der Waals surface area contributed by atoms with Crippen LogP contribution in [0.2, 0.25) is 0 Å². The summed E-state index contributed by atoms with van der Waals surface area (Å²) in [7, 11) is 0. The summed E-state index contributed by atoms with van der Waals surface area (Å²) in [6.07, 6.45) is 7.61. The molecular formula is C10H19NO. The Kier molecular flexibility index (Phi) is 2.66. The Bertz CT molecular complexity index is 140. The summed E-state index contributed by atoms with van der Waals surface area (Å²) in [6, 6.07) is 0. The lowest BCUT2D eigenvalue weighted by Crippen LogP contribution is -2.39. The number of rotatable bonds is 1. The smallest absolute Gasteiger partial charge is 0.111 e. The first-order valence-electron chi connectivity index (χ1n) is 5.26. The Morgan fingerprint density at radius 2 is 1.83 bits per heavy atom. The fraction of sp³-hybridized carbons (Fsp3) is 1.00. The maximum Gasteiger partial charge on any atom is 0.111 e. The van der Waals surface area contributed by atoms with Gasteiger partial charge in [-0.05, 0) is 32.6 Å². The number of nitrogens with zero attached hydrogens (tertiary/aromatic N) is 1. The molecule has 0 bridgehead atoms. The van der Waals surface area contributed by atoms with Crippen molar-refractivity contribution < 1.29 is 4.74 Å². The van der Waals surface area contributed by atoms with Crippen molar-refractivity contribution in [3.05, 3.63) is 0 Å². The molecule has 2 saturated heterocycles. The highest BCUT2D eigenvalue weighted by atomic mass is 16.5. The highest BCUT2D eigenvalue weighted by Gasteiger charge is 2.27. The maximum absolute atomic E-state index is 5.83. The molecule has 0 aromatic carbocycles. The average Bonchev–Trinajstić information content (AvgIpc) is 2.54. The monoisotopic (exact) mass is 169 g/mol. The molecule has 2 fully saturated rings. The van der Waals surface area contributed by atoms with Gasteiger partial charge in [0.25, 0.3) is 0 Å². The van der Waals surface area contributed by atoms with Crippen molar-refractivity contribution in [1.29, 1.82) is 0 Å². The number of ether oxygens (including phenoxy) is 1. The van der Waals surface area contributed by atoms with Crippen LogP contribution in [0.3, 0.4) is 0 Å². The van der Waals surface area contributed by atoms with Gasteiger partial charge in [0.1, 0.15) is 6.23 Å². The number of hydrogen-bond acceptors (Lipinski definition) is 2. The highest BCUT2D eigenvalue weighted by Crippen LogP contribution is 2.24. The third-order valence-corrected chi connectivity index (χ3v) is 3.01. The lowest BCUT2D eigenvalue weighted by molar-refractivity contribution is -0.0556. The summed E-state index contributed by atoms with van der Waals surface area (Å²) in [5, 5.41) is 0. The van der Waals surface area contributed by atoms with Gasteiger partial charge in [-0.15, -0.1) is 0 Å². The minimum absolute atomic E-state index is 0.459. The van der Waals surface area contributed by atoms with E-state index in [1.54, 1.807) is 0 Å². The molecule has 0 aromatic heterocycles. The van der Waals surface area contributed by atoms with Crippen LogP contribution in [0.1, 0.15) is 39.0 Å². The van der Waals surface area contributed by atoms with Gasteiger partial charge in [0.15, 0.2) is 0 Å². The Labute approximate surface area is 74.9 Å². The number of likely N-dealkylation sites (tertiary alicyclic amines) is 1. The highest BCUT2D eigenvalue weighted by molar-refractivity contribution is 4.74. The summed E-state index contributed by atoms with van der Waals surface area (Å²) in [6.45, 7) is 4.71. The Morgan fingerprint density at radius 1 is 1.08 bits per heavy atom. The SMILES string of the molecule is CC1CCC(N2CCCCC2)O1. The summed E-state index contributed by atoms with van der Waals surface area (Å²) in [5.41, 5.74) is 0. The molecule has 0 aliphatic carbocycles. The second kappa shape index (κ2) is 3.75. The third-order valence-electron chi connectivity index (χ3n) is 3.01. The predicted molar refractivity (Wildman–Crippen MR) is 49.0 cm³/mol. The van der Waals surface area contributed by atoms with Crippen LogP contribution < -0.4 is 0 Å². The molecule has 2 nitrogen and oxygen atoms in total. The first-order valence-corrected chi connectivity index (χ1v) is 5.26. The largest absolute Gasteiger partial charge is 0.360 e. The molecule has 2 aliphatic heterocycles. The first-order chi connectivity index (χ1) is 5.86. The van der Waals surface area contributed by atoms with E-state index in [0.29, 0.717) is 12.3 Å². The fourth-order valence-electron chi connectivity index (χ4n) is 2.26. The van der Waals surface area contributed by atoms with Crippen molar-refractivity contribution in [2.75, 3.05) is 13.1 Å². The zero-order valence-corrected chi connectivity index (χ0v) is 7.96. The van der Waals surface area contributed by atoms with Gasteiger partial charge in [0.05, 0.1) is 6.10 Å². The van der Waals surface area contributed by atoms with Crippen LogP contribution >= 0.6 is 0 Å². The van der Waals surface area contributed by atoms with Gasteiger partial charge in [-0.1, -0.05) is 6.42 Å². The van der Waals surface area contributed by atoms with E-state index in [4.69, 9.17) is 4.74 Å². The molecule has 0 spiro atoms. The minimum Gasteiger partial charge on any atom is -0.360 e. The van der Waals surface area contributed by atoms with Gasteiger partial charge in [0.2, 0.25) is 0 Å². The number of piperidine rings is 1. The van der Waals surface area contributed by atoms with Crippen molar-refractivity contribution in [2.45, 2.75) is 51.4 Å². The van der Waals surface area contributed by atoms with Crippen molar-refractivity contribution >= 4 is 0 Å². The van der Waals surface area contributed by atoms with Gasteiger partial charge < -0.3 is 4.74 Å². The standard InChI is InChI=1S/C10H19NO/c1-9-5-6-10(12-9)11-7-3-2-4-8-11/h9-10H,2-8H2,1H3. The zero-order chi connectivity index (χ0) is 8.39. The van der Waals surface area contributed by atoms with Gasteiger partial charge in [-0.3, -0.25) is 4.90 Å². The van der Waals surface area contributed by atoms with Crippen LogP contribution in [0.4, 0.5) is 0 Å². The molecule has 2 atom stereocenters. The van der Waals surface area contributed by atoms with Crippen molar-refractivity contribution in [3.63, 3.8) is 0 Å². The van der Waals surface area contributed by atoms with E-state index in [-0.39, 0.29) is 0 Å². The van der Waals surface area contributed by atoms with Crippen LogP contribution in [0.25, 0.3) is 0 Å². The molecule has 0 saturated carbocycles. The Hall–Kier alpha value is -0.0800. The summed E-state index contributed by atoms with van der Waals surface area (Å²) < 4.78 is 5.83. The quantitative estimate of drug-likeness (QED) is 0.595. The van der Waals surface area contributed by atoms with Gasteiger partial charge in [-0.25, -0.2) is 0 Å². The van der Waals surface area contributed by atoms with E-state index in [0.717, 1.165) is 0 Å². The molecular weight excluding hydrogens is 150 g/mol. The lowest BCUT2D eigenvalue weighted by Gasteiger charge is -2.31. The van der Waals surface area contributed by atoms with Gasteiger partial charge in [-0.2, -0.15) is 0 Å². The molecule has 2 aliphatic rings. The minimum atomic E-state index is 0.459. The zero-order valence-electron chi connectivity index (χ0n) is 7.96. The first kappa shape index (κ1) is 8.52. The summed E-state index contributed by atoms with van der Waals surface area (Å²) in [4.78, 5) is 2.52. The van der Waals surface area contributed by atoms with E-state index < -0.39 is 0 Å². The average molecular weight is 169 g/mol. The maximum atomic E-state index is 5.83. The fourth-order valence-corrected chi connectivity index (χ4v) is 2.26. The molecule has 12 heavy (non-hydrogen) atoms. The second-order valence-corrected chi connectivity index (χ2v) is 4.08. The van der Waals surface area contributed by atoms with Crippen molar-refractivity contribution in [1.82, 2.24) is 4.90 Å². The normalized spacial score (nSPS) is 38.8. The molecule has 2 unspecified atom stereocenters. The molecule has 0 aromatic rings. The van der Waals surface area contributed by atoms with Crippen molar-refractivity contribution in [2.24, 2.45) is 0 Å². The molecule has 2 heteroatoms. The van der Waals surface area contributed by atoms with E-state index in [1.165, 1.54) is 45.2 Å².